The number of ether oxygens (including phenoxy) is 1. The number of hydrogen-bond acceptors (Lipinski definition) is 5. The molecule has 0 radical (unpaired) electrons. The molecule has 2 saturated heterocycles. The zero-order chi connectivity index (χ0) is 23.6. The molecule has 2 fully saturated rings. The van der Waals surface area contributed by atoms with Crippen molar-refractivity contribution in [2.75, 3.05) is 26.7 Å². The monoisotopic (exact) mass is 445 g/mol. The second-order valence-corrected chi connectivity index (χ2v) is 10.5. The van der Waals surface area contributed by atoms with Crippen LogP contribution in [0.15, 0.2) is 24.3 Å². The SMILES string of the molecule is CC[C@@]12C=CCN(C)C(=O)[C@@H]1[C@H]1C(=O)N([C@H](C)CO)C3C(=O)N(C(C)(C)C)CC=C[C@@]31O2. The Bertz CT molecular complexity index is 893. The van der Waals surface area contributed by atoms with Crippen molar-refractivity contribution in [2.24, 2.45) is 11.8 Å². The highest BCUT2D eigenvalue weighted by atomic mass is 16.5. The Morgan fingerprint density at radius 1 is 1.09 bits per heavy atom. The van der Waals surface area contributed by atoms with Crippen LogP contribution in [0.4, 0.5) is 0 Å². The van der Waals surface area contributed by atoms with Crippen LogP contribution in [-0.2, 0) is 19.1 Å². The first-order valence-corrected chi connectivity index (χ1v) is 11.5. The second kappa shape index (κ2) is 7.42. The molecule has 3 amide bonds. The molecule has 8 heteroatoms. The summed E-state index contributed by atoms with van der Waals surface area (Å²) in [6, 6.07) is -1.52. The van der Waals surface area contributed by atoms with Gasteiger partial charge in [0, 0.05) is 25.7 Å². The average molecular weight is 446 g/mol. The van der Waals surface area contributed by atoms with Gasteiger partial charge in [0.25, 0.3) is 0 Å². The molecule has 0 aromatic rings. The number of aliphatic hydroxyl groups excluding tert-OH is 1. The summed E-state index contributed by atoms with van der Waals surface area (Å²) in [6.07, 6.45) is 8.08. The van der Waals surface area contributed by atoms with Gasteiger partial charge in [0.1, 0.15) is 11.6 Å². The number of fused-ring (bicyclic) bond motifs is 2. The zero-order valence-electron chi connectivity index (χ0n) is 19.9. The molecule has 1 N–H and O–H groups in total. The van der Waals surface area contributed by atoms with E-state index in [-0.39, 0.29) is 24.3 Å². The van der Waals surface area contributed by atoms with Gasteiger partial charge in [-0.2, -0.15) is 0 Å². The van der Waals surface area contributed by atoms with Crippen molar-refractivity contribution >= 4 is 17.7 Å². The van der Waals surface area contributed by atoms with Crippen LogP contribution in [0.1, 0.15) is 41.0 Å². The van der Waals surface area contributed by atoms with Crippen molar-refractivity contribution in [1.82, 2.24) is 14.7 Å². The molecule has 1 unspecified atom stereocenters. The molecule has 1 spiro atoms. The van der Waals surface area contributed by atoms with Gasteiger partial charge in [0.2, 0.25) is 17.7 Å². The lowest BCUT2D eigenvalue weighted by atomic mass is 9.73. The highest BCUT2D eigenvalue weighted by Crippen LogP contribution is 2.58. The third-order valence-corrected chi connectivity index (χ3v) is 7.63. The van der Waals surface area contributed by atoms with Crippen LogP contribution < -0.4 is 0 Å². The van der Waals surface area contributed by atoms with Crippen LogP contribution in [0.3, 0.4) is 0 Å². The van der Waals surface area contributed by atoms with Crippen LogP contribution in [0.5, 0.6) is 0 Å². The van der Waals surface area contributed by atoms with Crippen LogP contribution in [0.2, 0.25) is 0 Å². The molecule has 0 aromatic heterocycles. The highest BCUT2D eigenvalue weighted by Gasteiger charge is 2.75. The van der Waals surface area contributed by atoms with Gasteiger partial charge in [-0.05, 0) is 34.1 Å². The lowest BCUT2D eigenvalue weighted by Crippen LogP contribution is -2.60. The Labute approximate surface area is 189 Å². The van der Waals surface area contributed by atoms with E-state index in [0.717, 1.165) is 0 Å². The van der Waals surface area contributed by atoms with E-state index in [1.54, 1.807) is 23.8 Å². The van der Waals surface area contributed by atoms with Gasteiger partial charge in [-0.25, -0.2) is 0 Å². The number of likely N-dealkylation sites (tertiary alicyclic amines) is 1. The lowest BCUT2D eigenvalue weighted by Gasteiger charge is -2.42. The summed E-state index contributed by atoms with van der Waals surface area (Å²) in [5.74, 6) is -2.24. The van der Waals surface area contributed by atoms with Gasteiger partial charge in [-0.1, -0.05) is 31.2 Å². The molecule has 0 bridgehead atoms. The van der Waals surface area contributed by atoms with E-state index in [4.69, 9.17) is 4.74 Å². The minimum atomic E-state index is -1.27. The summed E-state index contributed by atoms with van der Waals surface area (Å²) >= 11 is 0. The Morgan fingerprint density at radius 2 is 1.75 bits per heavy atom. The number of nitrogens with zero attached hydrogens (tertiary/aromatic N) is 3. The summed E-state index contributed by atoms with van der Waals surface area (Å²) in [4.78, 5) is 46.4. The molecule has 4 rings (SSSR count). The van der Waals surface area contributed by atoms with E-state index in [1.165, 1.54) is 4.90 Å². The topological polar surface area (TPSA) is 90.4 Å². The molecule has 4 heterocycles. The Hall–Kier alpha value is -2.19. The quantitative estimate of drug-likeness (QED) is 0.654. The summed E-state index contributed by atoms with van der Waals surface area (Å²) in [5.41, 5.74) is -2.70. The minimum Gasteiger partial charge on any atom is -0.394 e. The molecule has 32 heavy (non-hydrogen) atoms. The highest BCUT2D eigenvalue weighted by molar-refractivity contribution is 6.00. The summed E-state index contributed by atoms with van der Waals surface area (Å²) in [5, 5.41) is 9.95. The molecule has 0 saturated carbocycles. The number of aliphatic hydroxyl groups is 1. The van der Waals surface area contributed by atoms with Gasteiger partial charge < -0.3 is 24.5 Å². The van der Waals surface area contributed by atoms with E-state index in [1.807, 2.05) is 52.0 Å². The molecule has 0 aromatic carbocycles. The van der Waals surface area contributed by atoms with Crippen LogP contribution >= 0.6 is 0 Å². The number of rotatable bonds is 3. The number of carbonyl (C=O) groups is 3. The van der Waals surface area contributed by atoms with Crippen LogP contribution in [0.25, 0.3) is 0 Å². The maximum Gasteiger partial charge on any atom is 0.249 e. The molecular weight excluding hydrogens is 410 g/mol. The minimum absolute atomic E-state index is 0.151. The number of carbonyl (C=O) groups excluding carboxylic acids is 3. The Morgan fingerprint density at radius 3 is 2.34 bits per heavy atom. The zero-order valence-corrected chi connectivity index (χ0v) is 19.9. The summed E-state index contributed by atoms with van der Waals surface area (Å²) < 4.78 is 6.81. The van der Waals surface area contributed by atoms with Crippen molar-refractivity contribution in [1.29, 1.82) is 0 Å². The molecule has 4 aliphatic heterocycles. The number of hydrogen-bond donors (Lipinski definition) is 1. The van der Waals surface area contributed by atoms with E-state index in [0.29, 0.717) is 19.5 Å². The average Bonchev–Trinajstić information content (AvgIpc) is 3.03. The molecule has 4 aliphatic rings. The largest absolute Gasteiger partial charge is 0.394 e. The van der Waals surface area contributed by atoms with E-state index < -0.39 is 40.7 Å². The smallest absolute Gasteiger partial charge is 0.249 e. The van der Waals surface area contributed by atoms with Crippen molar-refractivity contribution < 1.29 is 24.2 Å². The standard InChI is InChI=1S/C24H35N3O5/c1-7-23-10-8-12-25(6)19(29)16(23)17-20(30)27(15(2)14-28)18-21(31)26(22(3,4)5)13-9-11-24(17,18)32-23/h8-11,15-18,28H,7,12-14H2,1-6H3/t15-,16+,17+,18?,23-,24+/m1/s1. The summed E-state index contributed by atoms with van der Waals surface area (Å²) in [7, 11) is 1.73. The van der Waals surface area contributed by atoms with Gasteiger partial charge in [-0.15, -0.1) is 0 Å². The molecular formula is C24H35N3O5. The lowest BCUT2D eigenvalue weighted by molar-refractivity contribution is -0.159. The van der Waals surface area contributed by atoms with Crippen molar-refractivity contribution in [3.8, 4) is 0 Å². The van der Waals surface area contributed by atoms with Gasteiger partial charge >= 0.3 is 0 Å². The Kier molecular flexibility index (Phi) is 5.33. The summed E-state index contributed by atoms with van der Waals surface area (Å²) in [6.45, 7) is 10.1. The number of amides is 3. The third-order valence-electron chi connectivity index (χ3n) is 7.63. The molecule has 6 atom stereocenters. The van der Waals surface area contributed by atoms with E-state index >= 15 is 0 Å². The van der Waals surface area contributed by atoms with E-state index in [2.05, 4.69) is 0 Å². The van der Waals surface area contributed by atoms with Crippen molar-refractivity contribution in [3.05, 3.63) is 24.3 Å². The van der Waals surface area contributed by atoms with E-state index in [9.17, 15) is 19.5 Å². The predicted octanol–water partition coefficient (Wildman–Crippen LogP) is 0.953. The van der Waals surface area contributed by atoms with Crippen LogP contribution in [-0.4, -0.2) is 93.1 Å². The first kappa shape index (κ1) is 23.0. The Balaban J connectivity index is 1.95. The molecule has 176 valence electrons. The first-order valence-electron chi connectivity index (χ1n) is 11.5. The fourth-order valence-electron chi connectivity index (χ4n) is 5.99. The molecule has 8 nitrogen and oxygen atoms in total. The second-order valence-electron chi connectivity index (χ2n) is 10.5. The fraction of sp³-hybridized carbons (Fsp3) is 0.708. The van der Waals surface area contributed by atoms with Gasteiger partial charge in [0.05, 0.1) is 30.1 Å². The van der Waals surface area contributed by atoms with Crippen molar-refractivity contribution in [2.45, 2.75) is 69.9 Å². The van der Waals surface area contributed by atoms with Crippen molar-refractivity contribution in [3.63, 3.8) is 0 Å². The maximum atomic E-state index is 14.0. The first-order chi connectivity index (χ1) is 14.9. The fourth-order valence-corrected chi connectivity index (χ4v) is 5.99. The predicted molar refractivity (Wildman–Crippen MR) is 118 cm³/mol. The number of likely N-dealkylation sites (N-methyl/N-ethyl adjacent to an activating group) is 1. The molecule has 0 aliphatic carbocycles. The third kappa shape index (κ3) is 2.91. The van der Waals surface area contributed by atoms with Crippen LogP contribution in [0, 0.1) is 11.8 Å². The van der Waals surface area contributed by atoms with Gasteiger partial charge in [-0.3, -0.25) is 14.4 Å². The normalized spacial score (nSPS) is 37.9. The maximum absolute atomic E-state index is 14.0. The van der Waals surface area contributed by atoms with Gasteiger partial charge in [0.15, 0.2) is 0 Å².